The van der Waals surface area contributed by atoms with Crippen LogP contribution in [0.4, 0.5) is 5.69 Å². The van der Waals surface area contributed by atoms with Gasteiger partial charge in [0.15, 0.2) is 0 Å². The topological polar surface area (TPSA) is 20.3 Å². The van der Waals surface area contributed by atoms with Gasteiger partial charge in [0.2, 0.25) is 6.41 Å². The Labute approximate surface area is 72.8 Å². The van der Waals surface area contributed by atoms with Gasteiger partial charge in [-0.3, -0.25) is 4.79 Å². The maximum absolute atomic E-state index is 10.7. The summed E-state index contributed by atoms with van der Waals surface area (Å²) < 4.78 is 0. The molecule has 63 valence electrons. The third kappa shape index (κ3) is 1.84. The normalized spacial score (nSPS) is 9.92. The highest BCUT2D eigenvalue weighted by Gasteiger charge is 2.07. The van der Waals surface area contributed by atoms with Crippen LogP contribution in [0.5, 0.6) is 0 Å². The number of para-hydroxylation sites is 1. The summed E-state index contributed by atoms with van der Waals surface area (Å²) in [5.41, 5.74) is 0.822. The van der Waals surface area contributed by atoms with Crippen molar-refractivity contribution in [3.8, 4) is 0 Å². The fourth-order valence-electron chi connectivity index (χ4n) is 1.00. The van der Waals surface area contributed by atoms with Crippen molar-refractivity contribution in [2.75, 3.05) is 4.90 Å². The van der Waals surface area contributed by atoms with Crippen molar-refractivity contribution in [2.45, 2.75) is 19.9 Å². The molecule has 1 amide bonds. The van der Waals surface area contributed by atoms with Crippen molar-refractivity contribution in [1.82, 2.24) is 0 Å². The molecule has 0 aromatic heterocycles. The second-order valence-electron chi connectivity index (χ2n) is 2.85. The molecule has 0 aliphatic heterocycles. The average Bonchev–Trinajstić information content (AvgIpc) is 2.07. The highest BCUT2D eigenvalue weighted by molar-refractivity contribution is 5.75. The molecule has 12 heavy (non-hydrogen) atoms. The molecule has 0 bridgehead atoms. The summed E-state index contributed by atoms with van der Waals surface area (Å²) in [4.78, 5) is 12.3. The van der Waals surface area contributed by atoms with Crippen LogP contribution in [0, 0.1) is 6.07 Å². The minimum atomic E-state index is 0.182. The Morgan fingerprint density at radius 2 is 2.25 bits per heavy atom. The Hall–Kier alpha value is -1.31. The molecule has 1 rings (SSSR count). The maximum atomic E-state index is 10.7. The third-order valence-electron chi connectivity index (χ3n) is 1.64. The number of benzene rings is 1. The van der Waals surface area contributed by atoms with Crippen LogP contribution in [0.2, 0.25) is 0 Å². The monoisotopic (exact) mass is 162 g/mol. The molecule has 0 N–H and O–H groups in total. The van der Waals surface area contributed by atoms with Crippen LogP contribution in [-0.2, 0) is 4.79 Å². The van der Waals surface area contributed by atoms with Crippen molar-refractivity contribution >= 4 is 12.1 Å². The van der Waals surface area contributed by atoms with Crippen LogP contribution < -0.4 is 4.90 Å². The van der Waals surface area contributed by atoms with E-state index in [1.54, 1.807) is 11.0 Å². The van der Waals surface area contributed by atoms with Gasteiger partial charge in [-0.25, -0.2) is 0 Å². The molecule has 2 nitrogen and oxygen atoms in total. The van der Waals surface area contributed by atoms with Gasteiger partial charge < -0.3 is 4.90 Å². The summed E-state index contributed by atoms with van der Waals surface area (Å²) in [6.45, 7) is 3.94. The number of amides is 1. The van der Waals surface area contributed by atoms with Crippen molar-refractivity contribution in [3.05, 3.63) is 30.3 Å². The van der Waals surface area contributed by atoms with E-state index >= 15 is 0 Å². The second kappa shape index (κ2) is 3.90. The fraction of sp³-hybridized carbons (Fsp3) is 0.300. The summed E-state index contributed by atoms with van der Waals surface area (Å²) in [7, 11) is 0. The zero-order valence-electron chi connectivity index (χ0n) is 7.32. The van der Waals surface area contributed by atoms with Gasteiger partial charge in [-0.15, -0.1) is 0 Å². The number of hydrogen-bond acceptors (Lipinski definition) is 1. The molecule has 0 atom stereocenters. The minimum absolute atomic E-state index is 0.182. The van der Waals surface area contributed by atoms with E-state index in [1.165, 1.54) is 0 Å². The van der Waals surface area contributed by atoms with Crippen molar-refractivity contribution in [2.24, 2.45) is 0 Å². The Morgan fingerprint density at radius 3 is 2.67 bits per heavy atom. The van der Waals surface area contributed by atoms with Gasteiger partial charge in [0, 0.05) is 12.1 Å². The van der Waals surface area contributed by atoms with Gasteiger partial charge in [-0.2, -0.15) is 0 Å². The molecular weight excluding hydrogens is 150 g/mol. The number of carbonyl (C=O) groups excluding carboxylic acids is 1. The lowest BCUT2D eigenvalue weighted by molar-refractivity contribution is -0.107. The smallest absolute Gasteiger partial charge is 0.214 e. The minimum Gasteiger partial charge on any atom is -0.312 e. The number of hydrogen-bond donors (Lipinski definition) is 0. The Morgan fingerprint density at radius 1 is 1.50 bits per heavy atom. The molecule has 0 heterocycles. The van der Waals surface area contributed by atoms with Crippen molar-refractivity contribution in [1.29, 1.82) is 0 Å². The number of carbonyl (C=O) groups is 1. The standard InChI is InChI=1S/C10H12NO/c1-9(2)11(8-12)10-6-4-3-5-7-10/h3-6,8-9H,1-2H3. The zero-order chi connectivity index (χ0) is 8.97. The molecule has 1 aromatic carbocycles. The van der Waals surface area contributed by atoms with Gasteiger partial charge >= 0.3 is 0 Å². The van der Waals surface area contributed by atoms with Crippen LogP contribution in [0.1, 0.15) is 13.8 Å². The lowest BCUT2D eigenvalue weighted by Gasteiger charge is -2.20. The highest BCUT2D eigenvalue weighted by Crippen LogP contribution is 2.12. The Balaban J connectivity index is 2.88. The van der Waals surface area contributed by atoms with E-state index < -0.39 is 0 Å². The van der Waals surface area contributed by atoms with E-state index in [0.717, 1.165) is 12.1 Å². The lowest BCUT2D eigenvalue weighted by atomic mass is 10.2. The summed E-state index contributed by atoms with van der Waals surface area (Å²) in [5, 5.41) is 0. The fourth-order valence-corrected chi connectivity index (χ4v) is 1.00. The van der Waals surface area contributed by atoms with E-state index in [2.05, 4.69) is 6.07 Å². The summed E-state index contributed by atoms with van der Waals surface area (Å²) in [5.74, 6) is 0. The van der Waals surface area contributed by atoms with E-state index in [0.29, 0.717) is 0 Å². The molecule has 1 aromatic rings. The molecule has 1 radical (unpaired) electrons. The van der Waals surface area contributed by atoms with Gasteiger partial charge in [0.1, 0.15) is 0 Å². The van der Waals surface area contributed by atoms with E-state index in [-0.39, 0.29) is 6.04 Å². The summed E-state index contributed by atoms with van der Waals surface area (Å²) in [6, 6.07) is 10.6. The van der Waals surface area contributed by atoms with Crippen LogP contribution in [0.3, 0.4) is 0 Å². The maximum Gasteiger partial charge on any atom is 0.214 e. The first kappa shape index (κ1) is 8.78. The predicted octanol–water partition coefficient (Wildman–Crippen LogP) is 1.86. The molecule has 0 saturated heterocycles. The quantitative estimate of drug-likeness (QED) is 0.621. The molecule has 0 saturated carbocycles. The van der Waals surface area contributed by atoms with E-state index in [9.17, 15) is 4.79 Å². The molecule has 2 heteroatoms. The molecular formula is C10H12NO. The second-order valence-corrected chi connectivity index (χ2v) is 2.85. The highest BCUT2D eigenvalue weighted by atomic mass is 16.1. The lowest BCUT2D eigenvalue weighted by Crippen LogP contribution is -2.28. The molecule has 0 spiro atoms. The number of anilines is 1. The number of nitrogens with zero attached hydrogens (tertiary/aromatic N) is 1. The van der Waals surface area contributed by atoms with Crippen molar-refractivity contribution in [3.63, 3.8) is 0 Å². The number of rotatable bonds is 3. The van der Waals surface area contributed by atoms with E-state index in [1.807, 2.05) is 32.0 Å². The first-order valence-electron chi connectivity index (χ1n) is 3.96. The van der Waals surface area contributed by atoms with Crippen LogP contribution in [-0.4, -0.2) is 12.5 Å². The molecule has 0 unspecified atom stereocenters. The summed E-state index contributed by atoms with van der Waals surface area (Å²) in [6.07, 6.45) is 0.830. The average molecular weight is 162 g/mol. The molecule has 0 fully saturated rings. The third-order valence-corrected chi connectivity index (χ3v) is 1.64. The van der Waals surface area contributed by atoms with Crippen LogP contribution >= 0.6 is 0 Å². The first-order chi connectivity index (χ1) is 5.75. The Bertz CT molecular complexity index is 243. The van der Waals surface area contributed by atoms with Gasteiger partial charge in [0.25, 0.3) is 0 Å². The van der Waals surface area contributed by atoms with Gasteiger partial charge in [-0.05, 0) is 19.9 Å². The predicted molar refractivity (Wildman–Crippen MR) is 49.0 cm³/mol. The Kier molecular flexibility index (Phi) is 2.86. The largest absolute Gasteiger partial charge is 0.312 e. The van der Waals surface area contributed by atoms with Crippen molar-refractivity contribution < 1.29 is 4.79 Å². The first-order valence-corrected chi connectivity index (χ1v) is 3.96. The molecule has 0 aliphatic rings. The SMILES string of the molecule is CC(C)N(C=O)c1[c]cccc1. The molecule has 0 aliphatic carbocycles. The summed E-state index contributed by atoms with van der Waals surface area (Å²) >= 11 is 0. The van der Waals surface area contributed by atoms with Crippen LogP contribution in [0.15, 0.2) is 24.3 Å². The zero-order valence-corrected chi connectivity index (χ0v) is 7.32. The van der Waals surface area contributed by atoms with Gasteiger partial charge in [-0.1, -0.05) is 18.2 Å². The van der Waals surface area contributed by atoms with E-state index in [4.69, 9.17) is 0 Å². The van der Waals surface area contributed by atoms with Crippen LogP contribution in [0.25, 0.3) is 0 Å². The van der Waals surface area contributed by atoms with Gasteiger partial charge in [0.05, 0.1) is 5.69 Å².